The van der Waals surface area contributed by atoms with Gasteiger partial charge in [-0.2, -0.15) is 15.2 Å². The molecule has 3 aromatic rings. The third kappa shape index (κ3) is 6.87. The highest BCUT2D eigenvalue weighted by molar-refractivity contribution is 5.87. The fraction of sp³-hybridized carbons (Fsp3) is 0.485. The molecule has 4 heterocycles. The van der Waals surface area contributed by atoms with E-state index >= 15 is 0 Å². The minimum absolute atomic E-state index is 0.0792. The van der Waals surface area contributed by atoms with Crippen molar-refractivity contribution < 1.29 is 32.0 Å². The number of hydrogen-bond acceptors (Lipinski definition) is 9. The summed E-state index contributed by atoms with van der Waals surface area (Å²) in [7, 11) is 1.84. The number of benzene rings is 1. The van der Waals surface area contributed by atoms with Gasteiger partial charge in [0.05, 0.1) is 24.0 Å². The van der Waals surface area contributed by atoms with E-state index in [2.05, 4.69) is 27.8 Å². The Labute approximate surface area is 265 Å². The second kappa shape index (κ2) is 13.5. The molecule has 0 spiro atoms. The molecule has 2 fully saturated rings. The van der Waals surface area contributed by atoms with Crippen molar-refractivity contribution in [3.05, 3.63) is 65.9 Å². The molecule has 0 radical (unpaired) electrons. The van der Waals surface area contributed by atoms with Crippen molar-refractivity contribution in [1.29, 1.82) is 5.26 Å². The lowest BCUT2D eigenvalue weighted by Crippen LogP contribution is -2.48. The van der Waals surface area contributed by atoms with Crippen LogP contribution in [0.2, 0.25) is 0 Å². The van der Waals surface area contributed by atoms with Gasteiger partial charge < -0.3 is 18.9 Å². The van der Waals surface area contributed by atoms with E-state index in [0.29, 0.717) is 32.4 Å². The fourth-order valence-electron chi connectivity index (χ4n) is 6.31. The average molecular weight is 639 g/mol. The molecule has 2 saturated heterocycles. The largest absolute Gasteiger partial charge is 0.474 e. The van der Waals surface area contributed by atoms with Gasteiger partial charge in [-0.3, -0.25) is 9.69 Å². The summed E-state index contributed by atoms with van der Waals surface area (Å²) in [6.07, 6.45) is 0.760. The normalized spacial score (nSPS) is 22.7. The minimum atomic E-state index is -1.23. The number of rotatable bonds is 10. The van der Waals surface area contributed by atoms with Crippen LogP contribution in [-0.4, -0.2) is 81.4 Å². The number of aromatic nitrogens is 3. The van der Waals surface area contributed by atoms with Crippen LogP contribution in [0.3, 0.4) is 0 Å². The standard InChI is InChI=1S/C33H37F3N6O4/c1-6-30(43)42-13-11-22(15-21(42)10-12-37)45-29-17-28(44-19(2)26-14-20(34)18-41(26)5)38-32(39-29)25-16-27(46-40-25)33(3,4)31-23(35)8-7-9-24(31)36/h6-9,16-17,19-22,26H,1,10-11,13-15,18H2,2-5H3/t19-,20+,21+,22-,26-/m0/s1. The van der Waals surface area contributed by atoms with Crippen LogP contribution in [0, 0.1) is 23.0 Å². The zero-order chi connectivity index (χ0) is 33.2. The van der Waals surface area contributed by atoms with E-state index in [1.54, 1.807) is 18.7 Å². The number of amides is 1. The van der Waals surface area contributed by atoms with Gasteiger partial charge in [0.15, 0.2) is 11.5 Å². The number of alkyl halides is 1. The highest BCUT2D eigenvalue weighted by Crippen LogP contribution is 2.37. The molecule has 5 rings (SSSR count). The van der Waals surface area contributed by atoms with Crippen molar-refractivity contribution in [3.8, 4) is 29.3 Å². The molecule has 0 N–H and O–H groups in total. The molecule has 2 aliphatic rings. The fourth-order valence-corrected chi connectivity index (χ4v) is 6.31. The Bertz CT molecular complexity index is 1600. The summed E-state index contributed by atoms with van der Waals surface area (Å²) in [5, 5.41) is 13.5. The Morgan fingerprint density at radius 1 is 1.24 bits per heavy atom. The topological polar surface area (TPSA) is 118 Å². The average Bonchev–Trinajstić information content (AvgIpc) is 3.64. The van der Waals surface area contributed by atoms with Crippen LogP contribution in [0.1, 0.15) is 57.8 Å². The number of nitrogens with zero attached hydrogens (tertiary/aromatic N) is 6. The first-order chi connectivity index (χ1) is 21.9. The summed E-state index contributed by atoms with van der Waals surface area (Å²) in [5.41, 5.74) is -1.22. The molecule has 10 nitrogen and oxygen atoms in total. The van der Waals surface area contributed by atoms with Gasteiger partial charge in [-0.25, -0.2) is 13.2 Å². The predicted octanol–water partition coefficient (Wildman–Crippen LogP) is 5.38. The lowest BCUT2D eigenvalue weighted by atomic mass is 9.81. The van der Waals surface area contributed by atoms with Gasteiger partial charge in [-0.15, -0.1) is 0 Å². The first-order valence-corrected chi connectivity index (χ1v) is 15.2. The van der Waals surface area contributed by atoms with E-state index in [1.165, 1.54) is 36.4 Å². The number of likely N-dealkylation sites (tertiary alicyclic amines) is 2. The monoisotopic (exact) mass is 638 g/mol. The zero-order valence-corrected chi connectivity index (χ0v) is 26.3. The number of carbonyl (C=O) groups is 1. The van der Waals surface area contributed by atoms with E-state index in [4.69, 9.17) is 14.0 Å². The molecular formula is C33H37F3N6O4. The van der Waals surface area contributed by atoms with E-state index in [0.717, 1.165) is 0 Å². The van der Waals surface area contributed by atoms with E-state index in [-0.39, 0.29) is 65.1 Å². The number of halogens is 3. The van der Waals surface area contributed by atoms with Crippen LogP contribution in [0.4, 0.5) is 13.2 Å². The second-order valence-corrected chi connectivity index (χ2v) is 12.3. The van der Waals surface area contributed by atoms with Crippen molar-refractivity contribution in [1.82, 2.24) is 24.9 Å². The highest BCUT2D eigenvalue weighted by Gasteiger charge is 2.37. The Hall–Kier alpha value is -4.44. The van der Waals surface area contributed by atoms with Crippen LogP contribution in [-0.2, 0) is 10.2 Å². The summed E-state index contributed by atoms with van der Waals surface area (Å²) in [4.78, 5) is 25.0. The number of ether oxygens (including phenoxy) is 2. The van der Waals surface area contributed by atoms with Gasteiger partial charge in [0.25, 0.3) is 0 Å². The lowest BCUT2D eigenvalue weighted by molar-refractivity contribution is -0.130. The van der Waals surface area contributed by atoms with Crippen molar-refractivity contribution in [3.63, 3.8) is 0 Å². The third-order valence-corrected chi connectivity index (χ3v) is 8.76. The van der Waals surface area contributed by atoms with Gasteiger partial charge >= 0.3 is 0 Å². The highest BCUT2D eigenvalue weighted by atomic mass is 19.1. The number of nitriles is 1. The van der Waals surface area contributed by atoms with E-state index < -0.39 is 29.3 Å². The van der Waals surface area contributed by atoms with Gasteiger partial charge in [-0.05, 0) is 52.4 Å². The second-order valence-electron chi connectivity index (χ2n) is 12.3. The minimum Gasteiger partial charge on any atom is -0.474 e. The van der Waals surface area contributed by atoms with Crippen LogP contribution in [0.15, 0.2) is 47.5 Å². The Balaban J connectivity index is 1.46. The number of likely N-dealkylation sites (N-methyl/N-ethyl adjacent to an activating group) is 1. The van der Waals surface area contributed by atoms with Gasteiger partial charge in [0, 0.05) is 49.6 Å². The molecule has 244 valence electrons. The Morgan fingerprint density at radius 3 is 2.61 bits per heavy atom. The van der Waals surface area contributed by atoms with Crippen LogP contribution < -0.4 is 9.47 Å². The SMILES string of the molecule is C=CC(=O)N1CC[C@H](Oc2cc(O[C@@H](C)[C@@H]3C[C@@H](F)CN3C)nc(-c3cc(C(C)(C)c4c(F)cccc4F)on3)n2)C[C@H]1CC#N. The van der Waals surface area contributed by atoms with Crippen LogP contribution in [0.25, 0.3) is 11.5 Å². The molecule has 0 aliphatic carbocycles. The molecule has 0 bridgehead atoms. The molecule has 1 aromatic carbocycles. The van der Waals surface area contributed by atoms with Crippen molar-refractivity contribution in [2.75, 3.05) is 20.1 Å². The Kier molecular flexibility index (Phi) is 9.67. The third-order valence-electron chi connectivity index (χ3n) is 8.76. The van der Waals surface area contributed by atoms with Crippen molar-refractivity contribution in [2.45, 2.75) is 82.3 Å². The molecule has 5 atom stereocenters. The molecule has 2 aliphatic heterocycles. The zero-order valence-electron chi connectivity index (χ0n) is 26.3. The van der Waals surface area contributed by atoms with E-state index in [9.17, 15) is 23.2 Å². The number of piperidine rings is 1. The number of hydrogen-bond donors (Lipinski definition) is 0. The summed E-state index contributed by atoms with van der Waals surface area (Å²) in [6, 6.07) is 8.27. The molecule has 46 heavy (non-hydrogen) atoms. The molecule has 1 amide bonds. The Morgan fingerprint density at radius 2 is 1.96 bits per heavy atom. The summed E-state index contributed by atoms with van der Waals surface area (Å²) in [6.45, 7) is 9.30. The number of carbonyl (C=O) groups excluding carboxylic acids is 1. The van der Waals surface area contributed by atoms with E-state index in [1.807, 2.05) is 18.9 Å². The molecular weight excluding hydrogens is 601 g/mol. The van der Waals surface area contributed by atoms with Gasteiger partial charge in [0.1, 0.15) is 35.8 Å². The smallest absolute Gasteiger partial charge is 0.246 e. The maximum atomic E-state index is 14.7. The maximum Gasteiger partial charge on any atom is 0.246 e. The first kappa shape index (κ1) is 32.9. The first-order valence-electron chi connectivity index (χ1n) is 15.2. The van der Waals surface area contributed by atoms with Gasteiger partial charge in [-0.1, -0.05) is 17.8 Å². The molecule has 2 aromatic heterocycles. The predicted molar refractivity (Wildman–Crippen MR) is 162 cm³/mol. The molecule has 0 unspecified atom stereocenters. The maximum absolute atomic E-state index is 14.7. The summed E-state index contributed by atoms with van der Waals surface area (Å²) in [5.74, 6) is -1.12. The van der Waals surface area contributed by atoms with Crippen molar-refractivity contribution in [2.24, 2.45) is 0 Å². The lowest BCUT2D eigenvalue weighted by Gasteiger charge is -2.37. The molecule has 0 saturated carbocycles. The van der Waals surface area contributed by atoms with Crippen molar-refractivity contribution >= 4 is 5.91 Å². The van der Waals surface area contributed by atoms with Crippen LogP contribution >= 0.6 is 0 Å². The molecule has 13 heteroatoms. The quantitative estimate of drug-likeness (QED) is 0.270. The summed E-state index contributed by atoms with van der Waals surface area (Å²) < 4.78 is 61.7. The summed E-state index contributed by atoms with van der Waals surface area (Å²) >= 11 is 0. The van der Waals surface area contributed by atoms with Gasteiger partial charge in [0.2, 0.25) is 17.7 Å². The van der Waals surface area contributed by atoms with Crippen LogP contribution in [0.5, 0.6) is 11.8 Å².